The molecule has 0 bridgehead atoms. The van der Waals surface area contributed by atoms with Gasteiger partial charge in [-0.05, 0) is 42.5 Å². The molecule has 0 heterocycles. The van der Waals surface area contributed by atoms with Crippen molar-refractivity contribution in [2.45, 2.75) is 4.90 Å². The maximum absolute atomic E-state index is 12.8. The topological polar surface area (TPSA) is 75.3 Å². The first-order chi connectivity index (χ1) is 10.9. The average Bonchev–Trinajstić information content (AvgIpc) is 2.55. The molecule has 2 rings (SSSR count). The summed E-state index contributed by atoms with van der Waals surface area (Å²) in [4.78, 5) is 12.1. The van der Waals surface area contributed by atoms with E-state index >= 15 is 0 Å². The third-order valence-electron chi connectivity index (χ3n) is 2.87. The van der Waals surface area contributed by atoms with Crippen LogP contribution in [0.2, 0.25) is 0 Å². The van der Waals surface area contributed by atoms with Crippen LogP contribution < -0.4 is 10.0 Å². The highest BCUT2D eigenvalue weighted by Gasteiger charge is 2.15. The zero-order valence-electron chi connectivity index (χ0n) is 11.9. The van der Waals surface area contributed by atoms with E-state index in [0.717, 1.165) is 0 Å². The van der Waals surface area contributed by atoms with Crippen molar-refractivity contribution < 1.29 is 17.6 Å². The number of hydrogen-bond donors (Lipinski definition) is 2. The Kier molecular flexibility index (Phi) is 5.11. The Morgan fingerprint density at radius 1 is 1.17 bits per heavy atom. The minimum absolute atomic E-state index is 0.0699. The molecule has 0 radical (unpaired) electrons. The van der Waals surface area contributed by atoms with Crippen molar-refractivity contribution in [1.29, 1.82) is 0 Å². The summed E-state index contributed by atoms with van der Waals surface area (Å²) in [6.45, 7) is -0.145. The number of carbonyl (C=O) groups excluding carboxylic acids is 1. The number of carbonyl (C=O) groups is 1. The summed E-state index contributed by atoms with van der Waals surface area (Å²) in [5.74, 6) is 1.24. The molecule has 2 N–H and O–H groups in total. The molecule has 0 spiro atoms. The maximum atomic E-state index is 12.8. The van der Waals surface area contributed by atoms with Crippen LogP contribution in [0.5, 0.6) is 0 Å². The predicted molar refractivity (Wildman–Crippen MR) is 84.8 cm³/mol. The molecule has 0 fully saturated rings. The minimum Gasteiger partial charge on any atom is -0.322 e. The number of halogens is 1. The first kappa shape index (κ1) is 16.7. The molecule has 7 heteroatoms. The highest BCUT2D eigenvalue weighted by molar-refractivity contribution is 7.89. The average molecular weight is 332 g/mol. The molecule has 2 aromatic carbocycles. The number of terminal acetylenes is 1. The lowest BCUT2D eigenvalue weighted by atomic mass is 10.2. The van der Waals surface area contributed by atoms with E-state index < -0.39 is 21.7 Å². The molecule has 0 saturated carbocycles. The minimum atomic E-state index is -3.78. The monoisotopic (exact) mass is 332 g/mol. The van der Waals surface area contributed by atoms with Crippen molar-refractivity contribution in [3.8, 4) is 12.3 Å². The van der Waals surface area contributed by atoms with Gasteiger partial charge in [0.25, 0.3) is 5.91 Å². The molecule has 0 saturated heterocycles. The molecular weight excluding hydrogens is 319 g/mol. The van der Waals surface area contributed by atoms with E-state index in [0.29, 0.717) is 5.69 Å². The molecule has 118 valence electrons. The first-order valence-electron chi connectivity index (χ1n) is 6.52. The molecular formula is C16H13FN2O3S. The lowest BCUT2D eigenvalue weighted by Gasteiger charge is -2.08. The normalized spacial score (nSPS) is 10.8. The van der Waals surface area contributed by atoms with Gasteiger partial charge in [-0.25, -0.2) is 12.8 Å². The predicted octanol–water partition coefficient (Wildman–Crippen LogP) is 1.99. The molecule has 2 aromatic rings. The Morgan fingerprint density at radius 2 is 1.87 bits per heavy atom. The molecule has 5 nitrogen and oxygen atoms in total. The van der Waals surface area contributed by atoms with E-state index in [2.05, 4.69) is 16.0 Å². The molecule has 0 aliphatic heterocycles. The van der Waals surface area contributed by atoms with E-state index in [-0.39, 0.29) is 17.0 Å². The van der Waals surface area contributed by atoms with E-state index in [1.807, 2.05) is 0 Å². The number of sulfonamides is 1. The lowest BCUT2D eigenvalue weighted by molar-refractivity contribution is 0.102. The van der Waals surface area contributed by atoms with Crippen molar-refractivity contribution in [2.75, 3.05) is 11.9 Å². The quantitative estimate of drug-likeness (QED) is 0.822. The molecule has 0 aliphatic carbocycles. The fourth-order valence-electron chi connectivity index (χ4n) is 1.76. The van der Waals surface area contributed by atoms with Crippen LogP contribution in [0.4, 0.5) is 10.1 Å². The lowest BCUT2D eigenvalue weighted by Crippen LogP contribution is -2.24. The summed E-state index contributed by atoms with van der Waals surface area (Å²) in [5, 5.41) is 2.55. The smallest absolute Gasteiger partial charge is 0.255 e. The fraction of sp³-hybridized carbons (Fsp3) is 0.0625. The van der Waals surface area contributed by atoms with Crippen LogP contribution in [0.1, 0.15) is 10.4 Å². The van der Waals surface area contributed by atoms with Crippen molar-refractivity contribution in [3.63, 3.8) is 0 Å². The second-order valence-electron chi connectivity index (χ2n) is 4.52. The van der Waals surface area contributed by atoms with Gasteiger partial charge in [-0.3, -0.25) is 4.79 Å². The molecule has 1 amide bonds. The first-order valence-corrected chi connectivity index (χ1v) is 8.01. The van der Waals surface area contributed by atoms with Crippen LogP contribution in [-0.2, 0) is 10.0 Å². The maximum Gasteiger partial charge on any atom is 0.255 e. The SMILES string of the molecule is C#CCNS(=O)(=O)c1cccc(C(=O)Nc2ccc(F)cc2)c1. The van der Waals surface area contributed by atoms with Crippen LogP contribution in [0, 0.1) is 18.2 Å². The van der Waals surface area contributed by atoms with Crippen molar-refractivity contribution in [2.24, 2.45) is 0 Å². The van der Waals surface area contributed by atoms with Gasteiger partial charge in [0.15, 0.2) is 0 Å². The second-order valence-corrected chi connectivity index (χ2v) is 6.28. The molecule has 0 atom stereocenters. The Bertz CT molecular complexity index is 856. The number of anilines is 1. The number of amides is 1. The zero-order chi connectivity index (χ0) is 16.9. The van der Waals surface area contributed by atoms with Gasteiger partial charge >= 0.3 is 0 Å². The number of nitrogens with one attached hydrogen (secondary N) is 2. The molecule has 0 aromatic heterocycles. The van der Waals surface area contributed by atoms with E-state index in [1.54, 1.807) is 0 Å². The van der Waals surface area contributed by atoms with Crippen molar-refractivity contribution in [3.05, 3.63) is 59.9 Å². The van der Waals surface area contributed by atoms with Gasteiger partial charge in [0.1, 0.15) is 5.82 Å². The zero-order valence-corrected chi connectivity index (χ0v) is 12.7. The van der Waals surface area contributed by atoms with Crippen LogP contribution in [-0.4, -0.2) is 20.9 Å². The summed E-state index contributed by atoms with van der Waals surface area (Å²) < 4.78 is 39.0. The summed E-state index contributed by atoms with van der Waals surface area (Å²) in [6.07, 6.45) is 5.02. The third-order valence-corrected chi connectivity index (χ3v) is 4.27. The van der Waals surface area contributed by atoms with Crippen LogP contribution >= 0.6 is 0 Å². The second kappa shape index (κ2) is 7.05. The van der Waals surface area contributed by atoms with Gasteiger partial charge in [-0.1, -0.05) is 12.0 Å². The van der Waals surface area contributed by atoms with Gasteiger partial charge in [0.05, 0.1) is 11.4 Å². The molecule has 0 aliphatic rings. The molecule has 23 heavy (non-hydrogen) atoms. The summed E-state index contributed by atoms with van der Waals surface area (Å²) in [5.41, 5.74) is 0.549. The van der Waals surface area contributed by atoms with Gasteiger partial charge in [-0.15, -0.1) is 6.42 Å². The van der Waals surface area contributed by atoms with E-state index in [1.165, 1.54) is 48.5 Å². The standard InChI is InChI=1S/C16H13FN2O3S/c1-2-10-18-23(21,22)15-5-3-4-12(11-15)16(20)19-14-8-6-13(17)7-9-14/h1,3-9,11,18H,10H2,(H,19,20). The van der Waals surface area contributed by atoms with Gasteiger partial charge in [0.2, 0.25) is 10.0 Å². The van der Waals surface area contributed by atoms with E-state index in [9.17, 15) is 17.6 Å². The number of rotatable bonds is 5. The van der Waals surface area contributed by atoms with Crippen LogP contribution in [0.25, 0.3) is 0 Å². The Balaban J connectivity index is 2.20. The summed E-state index contributed by atoms with van der Waals surface area (Å²) >= 11 is 0. The summed E-state index contributed by atoms with van der Waals surface area (Å²) in [7, 11) is -3.78. The van der Waals surface area contributed by atoms with Gasteiger partial charge < -0.3 is 5.32 Å². The highest BCUT2D eigenvalue weighted by atomic mass is 32.2. The summed E-state index contributed by atoms with van der Waals surface area (Å²) in [6, 6.07) is 10.7. The highest BCUT2D eigenvalue weighted by Crippen LogP contribution is 2.14. The van der Waals surface area contributed by atoms with Gasteiger partial charge in [-0.2, -0.15) is 4.72 Å². The van der Waals surface area contributed by atoms with Crippen LogP contribution in [0.15, 0.2) is 53.4 Å². The van der Waals surface area contributed by atoms with Crippen LogP contribution in [0.3, 0.4) is 0 Å². The number of benzene rings is 2. The van der Waals surface area contributed by atoms with E-state index in [4.69, 9.17) is 6.42 Å². The van der Waals surface area contributed by atoms with Crippen molar-refractivity contribution in [1.82, 2.24) is 4.72 Å². The Labute approximate surface area is 133 Å². The Hall–Kier alpha value is -2.69. The number of hydrogen-bond acceptors (Lipinski definition) is 3. The molecule has 0 unspecified atom stereocenters. The van der Waals surface area contributed by atoms with Crippen molar-refractivity contribution >= 4 is 21.6 Å². The fourth-order valence-corrected chi connectivity index (χ4v) is 2.74. The van der Waals surface area contributed by atoms with Gasteiger partial charge in [0, 0.05) is 11.3 Å². The third kappa shape index (κ3) is 4.39. The Morgan fingerprint density at radius 3 is 2.52 bits per heavy atom. The largest absolute Gasteiger partial charge is 0.322 e.